The fourth-order valence-corrected chi connectivity index (χ4v) is 3.29. The molecule has 0 aromatic heterocycles. The van der Waals surface area contributed by atoms with E-state index in [1.54, 1.807) is 0 Å². The molecule has 0 saturated heterocycles. The molecule has 0 aromatic carbocycles. The first kappa shape index (κ1) is 11.1. The fraction of sp³-hybridized carbons (Fsp3) is 0.923. The van der Waals surface area contributed by atoms with Crippen LogP contribution in [0.25, 0.3) is 0 Å². The van der Waals surface area contributed by atoms with Crippen molar-refractivity contribution < 1.29 is 9.90 Å². The van der Waals surface area contributed by atoms with Crippen molar-refractivity contribution in [2.45, 2.75) is 58.5 Å². The third-order valence-electron chi connectivity index (χ3n) is 4.55. The number of aliphatic hydroxyl groups is 1. The van der Waals surface area contributed by atoms with Crippen molar-refractivity contribution in [1.82, 2.24) is 0 Å². The standard InChI is InChI=1S/C13H22O2/c1-12(2,3)9-6-7-13(15)10(8-9)4-5-11(13)14/h9-10,15H,4-8H2,1-3H3/t9-,10+,13+/m1/s1. The summed E-state index contributed by atoms with van der Waals surface area (Å²) in [5.41, 5.74) is -0.630. The number of ketones is 1. The van der Waals surface area contributed by atoms with Crippen LogP contribution < -0.4 is 0 Å². The van der Waals surface area contributed by atoms with Crippen LogP contribution >= 0.6 is 0 Å². The SMILES string of the molecule is CC(C)(C)[C@@H]1CC[C@@]2(O)C(=O)CC[C@H]2C1. The number of carbonyl (C=O) groups excluding carboxylic acids is 1. The molecule has 0 radical (unpaired) electrons. The molecule has 0 aliphatic heterocycles. The first-order chi connectivity index (χ1) is 6.84. The molecule has 1 N–H and O–H groups in total. The molecule has 0 bridgehead atoms. The number of fused-ring (bicyclic) bond motifs is 1. The highest BCUT2D eigenvalue weighted by Gasteiger charge is 2.52. The molecule has 0 heterocycles. The maximum Gasteiger partial charge on any atom is 0.164 e. The highest BCUT2D eigenvalue weighted by molar-refractivity contribution is 5.89. The zero-order valence-electron chi connectivity index (χ0n) is 10.0. The Balaban J connectivity index is 2.13. The van der Waals surface area contributed by atoms with E-state index in [1.807, 2.05) is 0 Å². The summed E-state index contributed by atoms with van der Waals surface area (Å²) in [5, 5.41) is 10.3. The summed E-state index contributed by atoms with van der Waals surface area (Å²) in [4.78, 5) is 11.6. The Morgan fingerprint density at radius 1 is 1.33 bits per heavy atom. The van der Waals surface area contributed by atoms with Crippen molar-refractivity contribution in [3.63, 3.8) is 0 Å². The minimum Gasteiger partial charge on any atom is -0.382 e. The van der Waals surface area contributed by atoms with Gasteiger partial charge >= 0.3 is 0 Å². The molecule has 0 spiro atoms. The van der Waals surface area contributed by atoms with Gasteiger partial charge in [0.1, 0.15) is 5.60 Å². The lowest BCUT2D eigenvalue weighted by Crippen LogP contribution is -2.46. The maximum absolute atomic E-state index is 11.6. The Morgan fingerprint density at radius 2 is 2.00 bits per heavy atom. The molecule has 2 saturated carbocycles. The summed E-state index contributed by atoms with van der Waals surface area (Å²) in [6.45, 7) is 6.79. The molecule has 0 amide bonds. The van der Waals surface area contributed by atoms with Gasteiger partial charge in [-0.3, -0.25) is 4.79 Å². The van der Waals surface area contributed by atoms with Crippen LogP contribution in [0.2, 0.25) is 0 Å². The molecule has 2 heteroatoms. The van der Waals surface area contributed by atoms with Crippen LogP contribution in [0.1, 0.15) is 52.9 Å². The molecule has 3 atom stereocenters. The Bertz CT molecular complexity index is 277. The smallest absolute Gasteiger partial charge is 0.164 e. The third-order valence-corrected chi connectivity index (χ3v) is 4.55. The van der Waals surface area contributed by atoms with Crippen molar-refractivity contribution in [1.29, 1.82) is 0 Å². The number of rotatable bonds is 0. The minimum absolute atomic E-state index is 0.0971. The molecule has 2 aliphatic rings. The molecule has 2 aliphatic carbocycles. The highest BCUT2D eigenvalue weighted by atomic mass is 16.3. The Morgan fingerprint density at radius 3 is 2.60 bits per heavy atom. The number of hydrogen-bond donors (Lipinski definition) is 1. The summed E-state index contributed by atoms with van der Waals surface area (Å²) in [5.74, 6) is 0.997. The van der Waals surface area contributed by atoms with Gasteiger partial charge in [-0.2, -0.15) is 0 Å². The minimum atomic E-state index is -0.943. The normalized spacial score (nSPS) is 41.7. The summed E-state index contributed by atoms with van der Waals surface area (Å²) in [6.07, 6.45) is 4.23. The Kier molecular flexibility index (Phi) is 2.45. The summed E-state index contributed by atoms with van der Waals surface area (Å²) < 4.78 is 0. The Hall–Kier alpha value is -0.370. The average molecular weight is 210 g/mol. The second kappa shape index (κ2) is 3.31. The number of hydrogen-bond acceptors (Lipinski definition) is 2. The van der Waals surface area contributed by atoms with Crippen LogP contribution in [0.15, 0.2) is 0 Å². The van der Waals surface area contributed by atoms with E-state index in [2.05, 4.69) is 20.8 Å². The van der Waals surface area contributed by atoms with E-state index in [0.29, 0.717) is 24.2 Å². The lowest BCUT2D eigenvalue weighted by Gasteiger charge is -2.42. The van der Waals surface area contributed by atoms with E-state index >= 15 is 0 Å². The van der Waals surface area contributed by atoms with Gasteiger partial charge in [-0.15, -0.1) is 0 Å². The van der Waals surface area contributed by atoms with E-state index in [4.69, 9.17) is 0 Å². The number of carbonyl (C=O) groups is 1. The molecule has 2 rings (SSSR count). The van der Waals surface area contributed by atoms with Gasteiger partial charge < -0.3 is 5.11 Å². The molecule has 2 nitrogen and oxygen atoms in total. The molecule has 2 fully saturated rings. The molecule has 15 heavy (non-hydrogen) atoms. The van der Waals surface area contributed by atoms with Crippen molar-refractivity contribution >= 4 is 5.78 Å². The first-order valence-corrected chi connectivity index (χ1v) is 6.10. The van der Waals surface area contributed by atoms with Gasteiger partial charge in [0.05, 0.1) is 0 Å². The van der Waals surface area contributed by atoms with Gasteiger partial charge in [0.2, 0.25) is 0 Å². The maximum atomic E-state index is 11.6. The van der Waals surface area contributed by atoms with Crippen molar-refractivity contribution in [2.75, 3.05) is 0 Å². The fourth-order valence-electron chi connectivity index (χ4n) is 3.29. The predicted molar refractivity (Wildman–Crippen MR) is 59.5 cm³/mol. The van der Waals surface area contributed by atoms with E-state index < -0.39 is 5.60 Å². The van der Waals surface area contributed by atoms with Crippen LogP contribution in [0.5, 0.6) is 0 Å². The third kappa shape index (κ3) is 1.73. The van der Waals surface area contributed by atoms with Crippen LogP contribution in [-0.4, -0.2) is 16.5 Å². The summed E-state index contributed by atoms with van der Waals surface area (Å²) in [7, 11) is 0. The lowest BCUT2D eigenvalue weighted by atomic mass is 9.64. The van der Waals surface area contributed by atoms with Crippen molar-refractivity contribution in [3.05, 3.63) is 0 Å². The average Bonchev–Trinajstić information content (AvgIpc) is 2.41. The topological polar surface area (TPSA) is 37.3 Å². The highest BCUT2D eigenvalue weighted by Crippen LogP contribution is 2.49. The molecule has 0 aromatic rings. The van der Waals surface area contributed by atoms with Gasteiger partial charge in [-0.25, -0.2) is 0 Å². The molecule has 86 valence electrons. The second-order valence-corrected chi connectivity index (χ2v) is 6.42. The predicted octanol–water partition coefficient (Wildman–Crippen LogP) is 2.54. The van der Waals surface area contributed by atoms with Crippen molar-refractivity contribution in [2.24, 2.45) is 17.3 Å². The van der Waals surface area contributed by atoms with E-state index in [0.717, 1.165) is 19.3 Å². The van der Waals surface area contributed by atoms with E-state index in [-0.39, 0.29) is 11.7 Å². The first-order valence-electron chi connectivity index (χ1n) is 6.10. The van der Waals surface area contributed by atoms with Gasteiger partial charge in [-0.1, -0.05) is 20.8 Å². The lowest BCUT2D eigenvalue weighted by molar-refractivity contribution is -0.142. The molecular formula is C13H22O2. The van der Waals surface area contributed by atoms with Crippen LogP contribution in [0, 0.1) is 17.3 Å². The van der Waals surface area contributed by atoms with Crippen LogP contribution in [0.4, 0.5) is 0 Å². The number of Topliss-reactive ketones (excluding diaryl/α,β-unsaturated/α-hetero) is 1. The van der Waals surface area contributed by atoms with Gasteiger partial charge in [0, 0.05) is 6.42 Å². The molecule has 0 unspecified atom stereocenters. The quantitative estimate of drug-likeness (QED) is 0.667. The van der Waals surface area contributed by atoms with E-state index in [1.165, 1.54) is 0 Å². The van der Waals surface area contributed by atoms with Crippen LogP contribution in [0.3, 0.4) is 0 Å². The zero-order valence-corrected chi connectivity index (χ0v) is 10.0. The van der Waals surface area contributed by atoms with Crippen molar-refractivity contribution in [3.8, 4) is 0 Å². The summed E-state index contributed by atoms with van der Waals surface area (Å²) >= 11 is 0. The van der Waals surface area contributed by atoms with Crippen LogP contribution in [-0.2, 0) is 4.79 Å². The molecular weight excluding hydrogens is 188 g/mol. The largest absolute Gasteiger partial charge is 0.382 e. The monoisotopic (exact) mass is 210 g/mol. The Labute approximate surface area is 92.1 Å². The van der Waals surface area contributed by atoms with Gasteiger partial charge in [0.25, 0.3) is 0 Å². The summed E-state index contributed by atoms with van der Waals surface area (Å²) in [6, 6.07) is 0. The van der Waals surface area contributed by atoms with Gasteiger partial charge in [-0.05, 0) is 42.9 Å². The van der Waals surface area contributed by atoms with E-state index in [9.17, 15) is 9.90 Å². The van der Waals surface area contributed by atoms with Gasteiger partial charge in [0.15, 0.2) is 5.78 Å². The second-order valence-electron chi connectivity index (χ2n) is 6.42. The zero-order chi connectivity index (χ0) is 11.3.